The van der Waals surface area contributed by atoms with Crippen LogP contribution in [0.2, 0.25) is 5.02 Å². The number of halogens is 1. The molecule has 0 atom stereocenters. The summed E-state index contributed by atoms with van der Waals surface area (Å²) in [5, 5.41) is 12.2. The summed E-state index contributed by atoms with van der Waals surface area (Å²) in [5.74, 6) is -0.974. The molecule has 6 nitrogen and oxygen atoms in total. The Labute approximate surface area is 144 Å². The van der Waals surface area contributed by atoms with Crippen molar-refractivity contribution in [1.29, 1.82) is 0 Å². The van der Waals surface area contributed by atoms with E-state index in [4.69, 9.17) is 26.2 Å². The van der Waals surface area contributed by atoms with Gasteiger partial charge in [0.15, 0.2) is 0 Å². The van der Waals surface area contributed by atoms with E-state index < -0.39 is 11.9 Å². The molecule has 0 radical (unpaired) electrons. The zero-order chi connectivity index (χ0) is 17.7. The predicted octanol–water partition coefficient (Wildman–Crippen LogP) is 3.70. The number of rotatable bonds is 6. The number of methoxy groups -OCH3 is 1. The molecule has 0 bridgehead atoms. The highest BCUT2D eigenvalue weighted by Gasteiger charge is 2.16. The molecule has 0 aromatic heterocycles. The van der Waals surface area contributed by atoms with Crippen molar-refractivity contribution in [2.45, 2.75) is 6.92 Å². The Hall–Kier alpha value is -2.73. The molecule has 0 unspecified atom stereocenters. The van der Waals surface area contributed by atoms with Gasteiger partial charge in [0.25, 0.3) is 5.91 Å². The molecular weight excluding hydrogens is 334 g/mol. The molecular formula is C17H16ClNO5. The second-order valence-electron chi connectivity index (χ2n) is 4.75. The van der Waals surface area contributed by atoms with E-state index in [2.05, 4.69) is 5.32 Å². The normalized spacial score (nSPS) is 10.1. The van der Waals surface area contributed by atoms with Gasteiger partial charge in [0, 0.05) is 16.8 Å². The van der Waals surface area contributed by atoms with Crippen LogP contribution < -0.4 is 14.8 Å². The van der Waals surface area contributed by atoms with Crippen LogP contribution in [0.4, 0.5) is 5.69 Å². The van der Waals surface area contributed by atoms with Crippen molar-refractivity contribution in [3.05, 3.63) is 52.5 Å². The molecule has 2 rings (SSSR count). The summed E-state index contributed by atoms with van der Waals surface area (Å²) in [5.41, 5.74) is 0.691. The fourth-order valence-electron chi connectivity index (χ4n) is 2.11. The number of aromatic carboxylic acids is 1. The molecule has 0 aliphatic carbocycles. The maximum atomic E-state index is 12.4. The van der Waals surface area contributed by atoms with Crippen LogP contribution in [0, 0.1) is 0 Å². The quantitative estimate of drug-likeness (QED) is 0.830. The minimum absolute atomic E-state index is 0.0233. The maximum Gasteiger partial charge on any atom is 0.339 e. The van der Waals surface area contributed by atoms with E-state index in [1.165, 1.54) is 31.4 Å². The van der Waals surface area contributed by atoms with Gasteiger partial charge < -0.3 is 19.9 Å². The number of carboxylic acid groups (broad SMARTS) is 1. The highest BCUT2D eigenvalue weighted by Crippen LogP contribution is 2.26. The summed E-state index contributed by atoms with van der Waals surface area (Å²) >= 11 is 5.92. The zero-order valence-corrected chi connectivity index (χ0v) is 13.9. The van der Waals surface area contributed by atoms with Crippen LogP contribution >= 0.6 is 11.6 Å². The maximum absolute atomic E-state index is 12.4. The molecule has 0 saturated heterocycles. The number of amides is 1. The van der Waals surface area contributed by atoms with Crippen molar-refractivity contribution < 1.29 is 24.2 Å². The number of carbonyl (C=O) groups excluding carboxylic acids is 1. The Morgan fingerprint density at radius 3 is 2.50 bits per heavy atom. The molecule has 2 aromatic carbocycles. The van der Waals surface area contributed by atoms with Crippen molar-refractivity contribution in [3.8, 4) is 11.5 Å². The molecule has 0 heterocycles. The molecule has 0 aliphatic rings. The Balaban J connectivity index is 2.31. The summed E-state index contributed by atoms with van der Waals surface area (Å²) in [6.45, 7) is 2.05. The Morgan fingerprint density at radius 2 is 1.88 bits per heavy atom. The van der Waals surface area contributed by atoms with Crippen LogP contribution in [0.5, 0.6) is 11.5 Å². The van der Waals surface area contributed by atoms with E-state index in [9.17, 15) is 9.59 Å². The molecule has 0 aliphatic heterocycles. The Bertz CT molecular complexity index is 776. The molecule has 0 spiro atoms. The predicted molar refractivity (Wildman–Crippen MR) is 90.5 cm³/mol. The summed E-state index contributed by atoms with van der Waals surface area (Å²) < 4.78 is 10.5. The van der Waals surface area contributed by atoms with Crippen molar-refractivity contribution in [2.75, 3.05) is 19.0 Å². The lowest BCUT2D eigenvalue weighted by Gasteiger charge is -2.12. The second kappa shape index (κ2) is 7.70. The van der Waals surface area contributed by atoms with Crippen molar-refractivity contribution >= 4 is 29.2 Å². The lowest BCUT2D eigenvalue weighted by molar-refractivity contribution is 0.0692. The van der Waals surface area contributed by atoms with Gasteiger partial charge in [-0.2, -0.15) is 0 Å². The summed E-state index contributed by atoms with van der Waals surface area (Å²) in [6, 6.07) is 9.02. The highest BCUT2D eigenvalue weighted by atomic mass is 35.5. The van der Waals surface area contributed by atoms with Crippen LogP contribution in [-0.2, 0) is 0 Å². The first-order valence-corrected chi connectivity index (χ1v) is 7.49. The number of benzene rings is 2. The first-order chi connectivity index (χ1) is 11.5. The number of hydrogen-bond acceptors (Lipinski definition) is 4. The average molecular weight is 350 g/mol. The van der Waals surface area contributed by atoms with Crippen molar-refractivity contribution in [1.82, 2.24) is 0 Å². The summed E-state index contributed by atoms with van der Waals surface area (Å²) in [7, 11) is 1.45. The van der Waals surface area contributed by atoms with Gasteiger partial charge in [0.2, 0.25) is 0 Å². The molecule has 7 heteroatoms. The molecule has 0 saturated carbocycles. The van der Waals surface area contributed by atoms with Crippen LogP contribution in [0.15, 0.2) is 36.4 Å². The molecule has 1 amide bonds. The van der Waals surface area contributed by atoms with Crippen LogP contribution in [-0.4, -0.2) is 30.7 Å². The second-order valence-corrected chi connectivity index (χ2v) is 5.18. The van der Waals surface area contributed by atoms with Gasteiger partial charge in [-0.05, 0) is 37.3 Å². The fourth-order valence-corrected chi connectivity index (χ4v) is 2.28. The Kier molecular flexibility index (Phi) is 5.65. The third-order valence-corrected chi connectivity index (χ3v) is 3.41. The molecule has 0 fully saturated rings. The number of carbonyl (C=O) groups is 2. The summed E-state index contributed by atoms with van der Waals surface area (Å²) in [6.07, 6.45) is 0. The largest absolute Gasteiger partial charge is 0.496 e. The molecule has 2 aromatic rings. The van der Waals surface area contributed by atoms with Crippen LogP contribution in [0.3, 0.4) is 0 Å². The number of ether oxygens (including phenoxy) is 2. The standard InChI is InChI=1S/C17H16ClNO5/c1-3-24-15-9-11(5-6-12(15)17(21)22)19-16(20)13-8-10(18)4-7-14(13)23-2/h4-9H,3H2,1-2H3,(H,19,20)(H,21,22). The first kappa shape index (κ1) is 17.6. The van der Waals surface area contributed by atoms with Gasteiger partial charge in [-0.15, -0.1) is 0 Å². The van der Waals surface area contributed by atoms with E-state index >= 15 is 0 Å². The highest BCUT2D eigenvalue weighted by molar-refractivity contribution is 6.31. The number of hydrogen-bond donors (Lipinski definition) is 2. The number of carboxylic acids is 1. The van der Waals surface area contributed by atoms with Gasteiger partial charge in [0.1, 0.15) is 17.1 Å². The van der Waals surface area contributed by atoms with Gasteiger partial charge in [-0.25, -0.2) is 4.79 Å². The van der Waals surface area contributed by atoms with Gasteiger partial charge >= 0.3 is 5.97 Å². The number of nitrogens with one attached hydrogen (secondary N) is 1. The smallest absolute Gasteiger partial charge is 0.339 e. The van der Waals surface area contributed by atoms with Crippen molar-refractivity contribution in [3.63, 3.8) is 0 Å². The van der Waals surface area contributed by atoms with Gasteiger partial charge in [-0.3, -0.25) is 4.79 Å². The van der Waals surface area contributed by atoms with Gasteiger partial charge in [0.05, 0.1) is 19.3 Å². The third-order valence-electron chi connectivity index (χ3n) is 3.18. The van der Waals surface area contributed by atoms with Crippen molar-refractivity contribution in [2.24, 2.45) is 0 Å². The van der Waals surface area contributed by atoms with Crippen LogP contribution in [0.25, 0.3) is 0 Å². The monoisotopic (exact) mass is 349 g/mol. The molecule has 2 N–H and O–H groups in total. The number of anilines is 1. The fraction of sp³-hybridized carbons (Fsp3) is 0.176. The lowest BCUT2D eigenvalue weighted by Crippen LogP contribution is -2.14. The lowest BCUT2D eigenvalue weighted by atomic mass is 10.1. The first-order valence-electron chi connectivity index (χ1n) is 7.11. The third kappa shape index (κ3) is 3.97. The van der Waals surface area contributed by atoms with E-state index in [-0.39, 0.29) is 16.9 Å². The minimum Gasteiger partial charge on any atom is -0.496 e. The van der Waals surface area contributed by atoms with Gasteiger partial charge in [-0.1, -0.05) is 11.6 Å². The van der Waals surface area contributed by atoms with Crippen LogP contribution in [0.1, 0.15) is 27.6 Å². The van der Waals surface area contributed by atoms with E-state index in [1.54, 1.807) is 19.1 Å². The Morgan fingerprint density at radius 1 is 1.12 bits per heavy atom. The summed E-state index contributed by atoms with van der Waals surface area (Å²) in [4.78, 5) is 23.6. The minimum atomic E-state index is -1.10. The SMILES string of the molecule is CCOc1cc(NC(=O)c2cc(Cl)ccc2OC)ccc1C(=O)O. The average Bonchev–Trinajstić information content (AvgIpc) is 2.55. The molecule has 126 valence electrons. The zero-order valence-electron chi connectivity index (χ0n) is 13.1. The van der Waals surface area contributed by atoms with E-state index in [0.29, 0.717) is 23.1 Å². The topological polar surface area (TPSA) is 84.9 Å². The van der Waals surface area contributed by atoms with E-state index in [1.807, 2.05) is 0 Å². The molecule has 24 heavy (non-hydrogen) atoms. The van der Waals surface area contributed by atoms with E-state index in [0.717, 1.165) is 0 Å².